The van der Waals surface area contributed by atoms with E-state index in [0.29, 0.717) is 22.2 Å². The van der Waals surface area contributed by atoms with Gasteiger partial charge in [-0.15, -0.1) is 0 Å². The maximum atomic E-state index is 14.1. The fourth-order valence-electron chi connectivity index (χ4n) is 10.3. The zero-order valence-electron chi connectivity index (χ0n) is 28.3. The van der Waals surface area contributed by atoms with Crippen molar-refractivity contribution in [3.05, 3.63) is 60.7 Å². The van der Waals surface area contributed by atoms with Crippen LogP contribution in [0.3, 0.4) is 0 Å². The lowest BCUT2D eigenvalue weighted by atomic mass is 9.99. The normalized spacial score (nSPS) is 21.5. The minimum absolute atomic E-state index is 0.133. The molecule has 4 nitrogen and oxygen atoms in total. The standard InChI is InChI=1S/C40H58O4Si2/c41-39(43-45(33-19-7-1-8-20-33,34-21-9-2-10-22-34)35-23-11-3-12-24-35)31-32-40(42)44-46(36-25-13-4-14-26-36,37-27-15-5-16-28-37)38-29-17-6-18-30-38/h1,4,7-8,13-14,19-20,25-26,34-35,37-38H,2-3,5-6,9-12,15-18,21-24,27-32H2. The molecule has 4 aliphatic rings. The Bertz CT molecular complexity index is 1090. The van der Waals surface area contributed by atoms with Crippen molar-refractivity contribution in [1.29, 1.82) is 0 Å². The van der Waals surface area contributed by atoms with E-state index in [9.17, 15) is 9.59 Å². The summed E-state index contributed by atoms with van der Waals surface area (Å²) in [5.41, 5.74) is 1.88. The molecule has 0 aliphatic heterocycles. The van der Waals surface area contributed by atoms with Crippen molar-refractivity contribution in [2.45, 2.75) is 163 Å². The van der Waals surface area contributed by atoms with Crippen LogP contribution in [-0.2, 0) is 18.4 Å². The third-order valence-corrected chi connectivity index (χ3v) is 23.2. The van der Waals surface area contributed by atoms with Crippen molar-refractivity contribution in [3.63, 3.8) is 0 Å². The van der Waals surface area contributed by atoms with Gasteiger partial charge in [-0.1, -0.05) is 138 Å². The first-order valence-corrected chi connectivity index (χ1v) is 23.3. The number of rotatable bonds is 11. The minimum Gasteiger partial charge on any atom is -0.514 e. The molecule has 0 amide bonds. The second-order valence-corrected chi connectivity index (χ2v) is 23.1. The molecule has 46 heavy (non-hydrogen) atoms. The topological polar surface area (TPSA) is 52.6 Å². The Kier molecular flexibility index (Phi) is 11.9. The van der Waals surface area contributed by atoms with Crippen molar-refractivity contribution < 1.29 is 18.4 Å². The molecule has 0 saturated heterocycles. The van der Waals surface area contributed by atoms with Gasteiger partial charge in [-0.25, -0.2) is 0 Å². The van der Waals surface area contributed by atoms with E-state index in [1.807, 2.05) is 0 Å². The third kappa shape index (κ3) is 7.43. The van der Waals surface area contributed by atoms with E-state index in [-0.39, 0.29) is 24.8 Å². The van der Waals surface area contributed by atoms with Crippen LogP contribution >= 0.6 is 0 Å². The van der Waals surface area contributed by atoms with Crippen LogP contribution in [0.2, 0.25) is 22.2 Å². The molecule has 2 aromatic carbocycles. The van der Waals surface area contributed by atoms with Crippen molar-refractivity contribution in [3.8, 4) is 0 Å². The molecule has 0 atom stereocenters. The monoisotopic (exact) mass is 658 g/mol. The first-order valence-electron chi connectivity index (χ1n) is 19.2. The van der Waals surface area contributed by atoms with Gasteiger partial charge in [0.1, 0.15) is 0 Å². The Balaban J connectivity index is 1.24. The van der Waals surface area contributed by atoms with Crippen molar-refractivity contribution in [2.24, 2.45) is 0 Å². The number of benzene rings is 2. The molecule has 250 valence electrons. The summed E-state index contributed by atoms with van der Waals surface area (Å²) in [5, 5.41) is 2.60. The van der Waals surface area contributed by atoms with Crippen LogP contribution < -0.4 is 10.4 Å². The number of hydrogen-bond donors (Lipinski definition) is 0. The molecule has 0 aromatic heterocycles. The van der Waals surface area contributed by atoms with Crippen molar-refractivity contribution >= 4 is 38.9 Å². The van der Waals surface area contributed by atoms with Gasteiger partial charge >= 0.3 is 0 Å². The Morgan fingerprint density at radius 1 is 0.435 bits per heavy atom. The molecule has 0 radical (unpaired) electrons. The third-order valence-electron chi connectivity index (χ3n) is 12.4. The van der Waals surface area contributed by atoms with E-state index >= 15 is 0 Å². The SMILES string of the molecule is O=C(CCC(=O)O[Si](c1ccccc1)(C1CCCCC1)C1CCCCC1)O[Si](c1ccccc1)(C1CCCCC1)C1CCCCC1. The highest BCUT2D eigenvalue weighted by molar-refractivity contribution is 6.90. The van der Waals surface area contributed by atoms with Crippen LogP contribution in [0.15, 0.2) is 60.7 Å². The summed E-state index contributed by atoms with van der Waals surface area (Å²) in [6.45, 7) is 0. The van der Waals surface area contributed by atoms with Gasteiger partial charge in [0, 0.05) is 0 Å². The van der Waals surface area contributed by atoms with Gasteiger partial charge < -0.3 is 8.85 Å². The summed E-state index contributed by atoms with van der Waals surface area (Å²) in [5.74, 6) is -0.322. The number of carbonyl (C=O) groups excluding carboxylic acids is 2. The fourth-order valence-corrected chi connectivity index (χ4v) is 21.8. The maximum absolute atomic E-state index is 14.1. The minimum atomic E-state index is -2.65. The highest BCUT2D eigenvalue weighted by atomic mass is 28.4. The van der Waals surface area contributed by atoms with Gasteiger partial charge in [0.2, 0.25) is 0 Å². The Morgan fingerprint density at radius 2 is 0.696 bits per heavy atom. The second kappa shape index (κ2) is 16.3. The average molecular weight is 659 g/mol. The molecule has 6 rings (SSSR count). The molecule has 0 spiro atoms. The van der Waals surface area contributed by atoms with Gasteiger partial charge in [0.25, 0.3) is 28.6 Å². The molecule has 4 fully saturated rings. The molecule has 0 bridgehead atoms. The van der Waals surface area contributed by atoms with Gasteiger partial charge in [-0.2, -0.15) is 0 Å². The smallest absolute Gasteiger partial charge is 0.293 e. The number of hydrogen-bond acceptors (Lipinski definition) is 4. The van der Waals surface area contributed by atoms with E-state index in [2.05, 4.69) is 60.7 Å². The predicted octanol–water partition coefficient (Wildman–Crippen LogP) is 9.90. The first kappa shape index (κ1) is 33.7. The van der Waals surface area contributed by atoms with Crippen LogP contribution in [0.4, 0.5) is 0 Å². The summed E-state index contributed by atoms with van der Waals surface area (Å²) in [6.07, 6.45) is 24.6. The van der Waals surface area contributed by atoms with Gasteiger partial charge in [-0.05, 0) is 83.9 Å². The van der Waals surface area contributed by atoms with Gasteiger partial charge in [0.05, 0.1) is 12.8 Å². The quantitative estimate of drug-likeness (QED) is 0.226. The molecule has 2 aromatic rings. The molecule has 0 unspecified atom stereocenters. The van der Waals surface area contributed by atoms with E-state index in [1.54, 1.807) is 0 Å². The summed E-state index contributed by atoms with van der Waals surface area (Å²) in [4.78, 5) is 28.2. The van der Waals surface area contributed by atoms with E-state index in [0.717, 1.165) is 0 Å². The number of carbonyl (C=O) groups is 2. The molecule has 4 aliphatic carbocycles. The molecular formula is C40H58O4Si2. The van der Waals surface area contributed by atoms with E-state index < -0.39 is 16.6 Å². The lowest BCUT2D eigenvalue weighted by Crippen LogP contribution is -2.60. The Morgan fingerprint density at radius 3 is 0.957 bits per heavy atom. The summed E-state index contributed by atoms with van der Waals surface area (Å²) >= 11 is 0. The first-order chi connectivity index (χ1) is 22.6. The molecule has 6 heteroatoms. The van der Waals surface area contributed by atoms with Crippen LogP contribution in [-0.4, -0.2) is 28.6 Å². The largest absolute Gasteiger partial charge is 0.514 e. The molecular weight excluding hydrogens is 601 g/mol. The highest BCUT2D eigenvalue weighted by Crippen LogP contribution is 2.50. The van der Waals surface area contributed by atoms with Crippen LogP contribution in [0.25, 0.3) is 0 Å². The average Bonchev–Trinajstić information content (AvgIpc) is 3.14. The van der Waals surface area contributed by atoms with Crippen LogP contribution in [0.1, 0.15) is 141 Å². The lowest BCUT2D eigenvalue weighted by molar-refractivity contribution is -0.141. The zero-order chi connectivity index (χ0) is 31.7. The molecule has 4 saturated carbocycles. The van der Waals surface area contributed by atoms with Crippen molar-refractivity contribution in [2.75, 3.05) is 0 Å². The second-order valence-electron chi connectivity index (χ2n) is 15.1. The summed E-state index contributed by atoms with van der Waals surface area (Å²) in [6, 6.07) is 21.7. The Labute approximate surface area is 280 Å². The Hall–Kier alpha value is -2.19. The van der Waals surface area contributed by atoms with Gasteiger partial charge in [0.15, 0.2) is 0 Å². The van der Waals surface area contributed by atoms with Crippen LogP contribution in [0, 0.1) is 0 Å². The molecule has 0 N–H and O–H groups in total. The lowest BCUT2D eigenvalue weighted by Gasteiger charge is -2.46. The van der Waals surface area contributed by atoms with Gasteiger partial charge in [-0.3, -0.25) is 9.59 Å². The van der Waals surface area contributed by atoms with Crippen LogP contribution in [0.5, 0.6) is 0 Å². The fraction of sp³-hybridized carbons (Fsp3) is 0.650. The van der Waals surface area contributed by atoms with Crippen molar-refractivity contribution in [1.82, 2.24) is 0 Å². The van der Waals surface area contributed by atoms with E-state index in [1.165, 1.54) is 139 Å². The van der Waals surface area contributed by atoms with E-state index in [4.69, 9.17) is 8.85 Å². The highest BCUT2D eigenvalue weighted by Gasteiger charge is 2.55. The maximum Gasteiger partial charge on any atom is 0.293 e. The zero-order valence-corrected chi connectivity index (χ0v) is 30.3. The predicted molar refractivity (Wildman–Crippen MR) is 192 cm³/mol. The molecule has 0 heterocycles. The summed E-state index contributed by atoms with van der Waals surface area (Å²) in [7, 11) is -5.30. The summed E-state index contributed by atoms with van der Waals surface area (Å²) < 4.78 is 14.0.